The molecule has 1 unspecified atom stereocenters. The first kappa shape index (κ1) is 16.5. The van der Waals surface area contributed by atoms with Gasteiger partial charge in [-0.05, 0) is 6.07 Å². The maximum Gasteiger partial charge on any atom is 0.307 e. The molecule has 0 aliphatic carbocycles. The van der Waals surface area contributed by atoms with Gasteiger partial charge in [0.2, 0.25) is 5.91 Å². The van der Waals surface area contributed by atoms with Crippen molar-refractivity contribution in [3.63, 3.8) is 0 Å². The highest BCUT2D eigenvalue weighted by Gasteiger charge is 2.35. The van der Waals surface area contributed by atoms with Crippen molar-refractivity contribution in [1.82, 2.24) is 4.90 Å². The van der Waals surface area contributed by atoms with Crippen LogP contribution in [0.1, 0.15) is 17.4 Å². The van der Waals surface area contributed by atoms with Gasteiger partial charge in [-0.15, -0.1) is 11.8 Å². The summed E-state index contributed by atoms with van der Waals surface area (Å²) in [6, 6.07) is 5.57. The smallest absolute Gasteiger partial charge is 0.307 e. The molecular weight excluding hydrogens is 306 g/mol. The molecular formula is C15H19NO5S. The minimum Gasteiger partial charge on any atom is -0.493 e. The van der Waals surface area contributed by atoms with Gasteiger partial charge in [0, 0.05) is 12.1 Å². The number of hydrogen-bond donors (Lipinski definition) is 0. The SMILES string of the molecule is COC(=O)CCN1C(=O)CSC1c1cccc(OC)c1OC. The predicted octanol–water partition coefficient (Wildman–Crippen LogP) is 1.84. The highest BCUT2D eigenvalue weighted by molar-refractivity contribution is 8.00. The lowest BCUT2D eigenvalue weighted by molar-refractivity contribution is -0.141. The third kappa shape index (κ3) is 3.30. The summed E-state index contributed by atoms with van der Waals surface area (Å²) in [5.74, 6) is 1.28. The molecule has 0 N–H and O–H groups in total. The fourth-order valence-electron chi connectivity index (χ4n) is 2.37. The quantitative estimate of drug-likeness (QED) is 0.744. The van der Waals surface area contributed by atoms with Gasteiger partial charge >= 0.3 is 5.97 Å². The van der Waals surface area contributed by atoms with Gasteiger partial charge in [0.15, 0.2) is 11.5 Å². The Morgan fingerprint density at radius 1 is 1.32 bits per heavy atom. The van der Waals surface area contributed by atoms with Gasteiger partial charge in [0.1, 0.15) is 5.37 Å². The van der Waals surface area contributed by atoms with Crippen molar-refractivity contribution in [3.05, 3.63) is 23.8 Å². The normalized spacial score (nSPS) is 17.5. The molecule has 1 aromatic carbocycles. The predicted molar refractivity (Wildman–Crippen MR) is 83.1 cm³/mol. The lowest BCUT2D eigenvalue weighted by Crippen LogP contribution is -2.30. The number of rotatable bonds is 6. The number of carbonyl (C=O) groups excluding carboxylic acids is 2. The van der Waals surface area contributed by atoms with Crippen molar-refractivity contribution in [2.75, 3.05) is 33.6 Å². The van der Waals surface area contributed by atoms with Crippen molar-refractivity contribution in [3.8, 4) is 11.5 Å². The Morgan fingerprint density at radius 3 is 2.73 bits per heavy atom. The zero-order chi connectivity index (χ0) is 16.1. The molecule has 1 aliphatic heterocycles. The molecule has 1 saturated heterocycles. The van der Waals surface area contributed by atoms with Gasteiger partial charge in [-0.1, -0.05) is 12.1 Å². The van der Waals surface area contributed by atoms with Gasteiger partial charge in [-0.2, -0.15) is 0 Å². The van der Waals surface area contributed by atoms with E-state index in [4.69, 9.17) is 9.47 Å². The average Bonchev–Trinajstić information content (AvgIpc) is 2.92. The lowest BCUT2D eigenvalue weighted by Gasteiger charge is -2.25. The summed E-state index contributed by atoms with van der Waals surface area (Å²) in [6.45, 7) is 0.323. The number of nitrogens with zero attached hydrogens (tertiary/aromatic N) is 1. The third-order valence-electron chi connectivity index (χ3n) is 3.45. The van der Waals surface area contributed by atoms with Crippen LogP contribution in [0.5, 0.6) is 11.5 Å². The molecule has 1 amide bonds. The third-order valence-corrected chi connectivity index (χ3v) is 4.69. The number of carbonyl (C=O) groups is 2. The van der Waals surface area contributed by atoms with Crippen LogP contribution in [0.4, 0.5) is 0 Å². The summed E-state index contributed by atoms with van der Waals surface area (Å²) in [5.41, 5.74) is 0.863. The maximum absolute atomic E-state index is 12.1. The highest BCUT2D eigenvalue weighted by atomic mass is 32.2. The molecule has 1 atom stereocenters. The maximum atomic E-state index is 12.1. The fraction of sp³-hybridized carbons (Fsp3) is 0.467. The number of amides is 1. The van der Waals surface area contributed by atoms with Crippen molar-refractivity contribution in [2.45, 2.75) is 11.8 Å². The van der Waals surface area contributed by atoms with Crippen LogP contribution in [0.25, 0.3) is 0 Å². The van der Waals surface area contributed by atoms with Crippen LogP contribution >= 0.6 is 11.8 Å². The van der Waals surface area contributed by atoms with Crippen LogP contribution in [0.3, 0.4) is 0 Å². The van der Waals surface area contributed by atoms with E-state index in [9.17, 15) is 9.59 Å². The molecule has 1 aliphatic rings. The zero-order valence-corrected chi connectivity index (χ0v) is 13.6. The molecule has 2 rings (SSSR count). The highest BCUT2D eigenvalue weighted by Crippen LogP contribution is 2.45. The van der Waals surface area contributed by atoms with Crippen LogP contribution in [-0.4, -0.2) is 50.4 Å². The molecule has 1 fully saturated rings. The first-order valence-electron chi connectivity index (χ1n) is 6.81. The second kappa shape index (κ2) is 7.40. The number of ether oxygens (including phenoxy) is 3. The molecule has 0 spiro atoms. The fourth-order valence-corrected chi connectivity index (χ4v) is 3.61. The van der Waals surface area contributed by atoms with Crippen LogP contribution in [0, 0.1) is 0 Å². The van der Waals surface area contributed by atoms with E-state index in [1.54, 1.807) is 19.1 Å². The topological polar surface area (TPSA) is 65.1 Å². The molecule has 6 nitrogen and oxygen atoms in total. The zero-order valence-electron chi connectivity index (χ0n) is 12.8. The van der Waals surface area contributed by atoms with E-state index in [-0.39, 0.29) is 23.7 Å². The van der Waals surface area contributed by atoms with E-state index in [0.717, 1.165) is 5.56 Å². The Labute approximate surface area is 133 Å². The Bertz CT molecular complexity index is 563. The van der Waals surface area contributed by atoms with Crippen LogP contribution < -0.4 is 9.47 Å². The summed E-state index contributed by atoms with van der Waals surface area (Å²) in [5, 5.41) is -0.192. The summed E-state index contributed by atoms with van der Waals surface area (Å²) in [4.78, 5) is 25.1. The molecule has 0 saturated carbocycles. The van der Waals surface area contributed by atoms with Crippen LogP contribution in [-0.2, 0) is 14.3 Å². The van der Waals surface area contributed by atoms with E-state index in [1.165, 1.54) is 18.9 Å². The Kier molecular flexibility index (Phi) is 5.54. The minimum atomic E-state index is -0.332. The van der Waals surface area contributed by atoms with Crippen LogP contribution in [0.2, 0.25) is 0 Å². The van der Waals surface area contributed by atoms with Crippen molar-refractivity contribution >= 4 is 23.6 Å². The van der Waals surface area contributed by atoms with E-state index in [1.807, 2.05) is 18.2 Å². The Hall–Kier alpha value is -1.89. The van der Waals surface area contributed by atoms with Gasteiger partial charge in [-0.3, -0.25) is 9.59 Å². The summed E-state index contributed by atoms with van der Waals surface area (Å²) >= 11 is 1.51. The van der Waals surface area contributed by atoms with E-state index >= 15 is 0 Å². The second-order valence-corrected chi connectivity index (χ2v) is 5.73. The molecule has 1 aromatic rings. The first-order chi connectivity index (χ1) is 10.6. The number of para-hydroxylation sites is 1. The molecule has 7 heteroatoms. The molecule has 0 radical (unpaired) electrons. The molecule has 0 aromatic heterocycles. The number of benzene rings is 1. The van der Waals surface area contributed by atoms with Crippen LogP contribution in [0.15, 0.2) is 18.2 Å². The number of methoxy groups -OCH3 is 3. The number of esters is 1. The molecule has 22 heavy (non-hydrogen) atoms. The summed E-state index contributed by atoms with van der Waals surface area (Å²) in [7, 11) is 4.48. The molecule has 0 bridgehead atoms. The second-order valence-electron chi connectivity index (χ2n) is 4.66. The Morgan fingerprint density at radius 2 is 2.09 bits per heavy atom. The van der Waals surface area contributed by atoms with Gasteiger partial charge in [-0.25, -0.2) is 0 Å². The minimum absolute atomic E-state index is 0.00350. The molecule has 1 heterocycles. The summed E-state index contributed by atoms with van der Waals surface area (Å²) in [6.07, 6.45) is 0.172. The average molecular weight is 325 g/mol. The Balaban J connectivity index is 2.26. The van der Waals surface area contributed by atoms with Crippen molar-refractivity contribution < 1.29 is 23.8 Å². The van der Waals surface area contributed by atoms with Crippen molar-refractivity contribution in [2.24, 2.45) is 0 Å². The standard InChI is InChI=1S/C15H19NO5S/c1-19-11-6-4-5-10(14(11)21-3)15-16(12(17)9-22-15)8-7-13(18)20-2/h4-6,15H,7-9H2,1-3H3. The van der Waals surface area contributed by atoms with Gasteiger partial charge in [0.05, 0.1) is 33.5 Å². The molecule has 120 valence electrons. The largest absolute Gasteiger partial charge is 0.493 e. The lowest BCUT2D eigenvalue weighted by atomic mass is 10.1. The number of thioether (sulfide) groups is 1. The first-order valence-corrected chi connectivity index (χ1v) is 7.86. The number of hydrogen-bond acceptors (Lipinski definition) is 6. The van der Waals surface area contributed by atoms with E-state index in [0.29, 0.717) is 23.8 Å². The van der Waals surface area contributed by atoms with Gasteiger partial charge < -0.3 is 19.1 Å². The monoisotopic (exact) mass is 325 g/mol. The van der Waals surface area contributed by atoms with Gasteiger partial charge in [0.25, 0.3) is 0 Å². The van der Waals surface area contributed by atoms with E-state index < -0.39 is 0 Å². The summed E-state index contributed by atoms with van der Waals surface area (Å²) < 4.78 is 15.4. The van der Waals surface area contributed by atoms with E-state index in [2.05, 4.69) is 4.74 Å². The van der Waals surface area contributed by atoms with Crippen molar-refractivity contribution in [1.29, 1.82) is 0 Å².